The van der Waals surface area contributed by atoms with Crippen molar-refractivity contribution in [2.45, 2.75) is 33.1 Å². The van der Waals surface area contributed by atoms with Crippen LogP contribution in [0.15, 0.2) is 0 Å². The summed E-state index contributed by atoms with van der Waals surface area (Å²) in [6, 6.07) is 0. The number of nitrogens with one attached hydrogen (secondary N) is 1. The van der Waals surface area contributed by atoms with Gasteiger partial charge in [0.2, 0.25) is 0 Å². The standard InChI is InChI=1S/2C4H11N/c1-3-4-5-2;1-2-3-4-5/h5H,3-4H2,1-2H3;2-5H2,1H3. The highest BCUT2D eigenvalue weighted by Crippen LogP contribution is 1.77. The minimum Gasteiger partial charge on any atom is -0.330 e. The van der Waals surface area contributed by atoms with Crippen LogP contribution in [-0.2, 0) is 0 Å². The Morgan fingerprint density at radius 3 is 1.80 bits per heavy atom. The largest absolute Gasteiger partial charge is 0.330 e. The van der Waals surface area contributed by atoms with E-state index in [-0.39, 0.29) is 0 Å². The van der Waals surface area contributed by atoms with Crippen LogP contribution in [0.3, 0.4) is 0 Å². The van der Waals surface area contributed by atoms with E-state index in [2.05, 4.69) is 19.2 Å². The zero-order valence-corrected chi connectivity index (χ0v) is 7.61. The van der Waals surface area contributed by atoms with Crippen molar-refractivity contribution in [3.63, 3.8) is 0 Å². The molecule has 0 aliphatic rings. The van der Waals surface area contributed by atoms with Gasteiger partial charge in [0, 0.05) is 0 Å². The Bertz CT molecular complexity index is 28.2. The molecule has 0 fully saturated rings. The van der Waals surface area contributed by atoms with Gasteiger partial charge in [-0.2, -0.15) is 0 Å². The molecule has 0 aliphatic heterocycles. The molecule has 0 saturated carbocycles. The molecule has 0 spiro atoms. The molecule has 0 heterocycles. The van der Waals surface area contributed by atoms with Crippen LogP contribution in [0.5, 0.6) is 0 Å². The molecule has 0 radical (unpaired) electrons. The highest BCUT2D eigenvalue weighted by Gasteiger charge is 1.68. The van der Waals surface area contributed by atoms with Gasteiger partial charge in [0.05, 0.1) is 0 Å². The maximum absolute atomic E-state index is 5.14. The second-order valence-electron chi connectivity index (χ2n) is 2.25. The molecule has 0 rings (SSSR count). The van der Waals surface area contributed by atoms with Crippen molar-refractivity contribution in [2.75, 3.05) is 20.1 Å². The van der Waals surface area contributed by atoms with Crippen LogP contribution in [0.25, 0.3) is 0 Å². The smallest absolute Gasteiger partial charge is 0.00546 e. The van der Waals surface area contributed by atoms with E-state index in [4.69, 9.17) is 5.73 Å². The predicted octanol–water partition coefficient (Wildman–Crippen LogP) is 1.36. The maximum atomic E-state index is 5.14. The Morgan fingerprint density at radius 2 is 1.80 bits per heavy atom. The minimum atomic E-state index is 0.844. The summed E-state index contributed by atoms with van der Waals surface area (Å²) in [6.45, 7) is 6.26. The number of rotatable bonds is 4. The molecule has 0 amide bonds. The molecule has 64 valence electrons. The molecule has 0 aromatic heterocycles. The molecule has 0 aromatic carbocycles. The molecule has 0 unspecified atom stereocenters. The van der Waals surface area contributed by atoms with E-state index in [1.54, 1.807) is 0 Å². The van der Waals surface area contributed by atoms with Gasteiger partial charge in [-0.3, -0.25) is 0 Å². The van der Waals surface area contributed by atoms with Crippen molar-refractivity contribution in [1.29, 1.82) is 0 Å². The van der Waals surface area contributed by atoms with E-state index in [9.17, 15) is 0 Å². The van der Waals surface area contributed by atoms with Crippen LogP contribution < -0.4 is 11.1 Å². The lowest BCUT2D eigenvalue weighted by Gasteiger charge is -1.84. The third-order valence-corrected chi connectivity index (χ3v) is 1.06. The van der Waals surface area contributed by atoms with Gasteiger partial charge in [-0.1, -0.05) is 20.3 Å². The lowest BCUT2D eigenvalue weighted by Crippen LogP contribution is -2.04. The third-order valence-electron chi connectivity index (χ3n) is 1.06. The lowest BCUT2D eigenvalue weighted by molar-refractivity contribution is 0.772. The number of hydrogen-bond donors (Lipinski definition) is 2. The summed E-state index contributed by atoms with van der Waals surface area (Å²) in [5, 5.41) is 3.02. The van der Waals surface area contributed by atoms with Crippen molar-refractivity contribution < 1.29 is 0 Å². The van der Waals surface area contributed by atoms with Crippen molar-refractivity contribution in [2.24, 2.45) is 5.73 Å². The Labute approximate surface area is 65.2 Å². The van der Waals surface area contributed by atoms with Crippen LogP contribution in [-0.4, -0.2) is 20.1 Å². The zero-order valence-electron chi connectivity index (χ0n) is 7.61. The Hall–Kier alpha value is -0.0800. The topological polar surface area (TPSA) is 38.0 Å². The fraction of sp³-hybridized carbons (Fsp3) is 1.00. The Kier molecular flexibility index (Phi) is 20.1. The molecule has 0 bridgehead atoms. The summed E-state index contributed by atoms with van der Waals surface area (Å²) < 4.78 is 0. The minimum absolute atomic E-state index is 0.844. The summed E-state index contributed by atoms with van der Waals surface area (Å²) in [5.41, 5.74) is 5.14. The summed E-state index contributed by atoms with van der Waals surface area (Å²) in [4.78, 5) is 0. The van der Waals surface area contributed by atoms with Gasteiger partial charge in [0.25, 0.3) is 0 Å². The molecular formula is C8H22N2. The van der Waals surface area contributed by atoms with Crippen LogP contribution in [0.2, 0.25) is 0 Å². The number of nitrogens with two attached hydrogens (primary N) is 1. The molecule has 0 saturated heterocycles. The van der Waals surface area contributed by atoms with Crippen molar-refractivity contribution in [3.05, 3.63) is 0 Å². The van der Waals surface area contributed by atoms with E-state index in [0.29, 0.717) is 0 Å². The highest BCUT2D eigenvalue weighted by atomic mass is 14.8. The van der Waals surface area contributed by atoms with Gasteiger partial charge in [-0.15, -0.1) is 0 Å². The van der Waals surface area contributed by atoms with Crippen LogP contribution in [0.4, 0.5) is 0 Å². The number of hydrogen-bond acceptors (Lipinski definition) is 2. The summed E-state index contributed by atoms with van der Waals surface area (Å²) in [7, 11) is 1.96. The second kappa shape index (κ2) is 16.0. The summed E-state index contributed by atoms with van der Waals surface area (Å²) in [6.07, 6.45) is 3.62. The first-order chi connectivity index (χ1) is 4.83. The zero-order chi connectivity index (χ0) is 8.24. The normalized spacial score (nSPS) is 8.40. The molecular weight excluding hydrogens is 124 g/mol. The first kappa shape index (κ1) is 12.6. The van der Waals surface area contributed by atoms with E-state index < -0.39 is 0 Å². The molecule has 0 aliphatic carbocycles. The van der Waals surface area contributed by atoms with Gasteiger partial charge in [0.1, 0.15) is 0 Å². The molecule has 3 N–H and O–H groups in total. The molecule has 2 heteroatoms. The quantitative estimate of drug-likeness (QED) is 0.628. The van der Waals surface area contributed by atoms with E-state index in [0.717, 1.165) is 13.1 Å². The summed E-state index contributed by atoms with van der Waals surface area (Å²) in [5.74, 6) is 0. The molecule has 0 aromatic rings. The van der Waals surface area contributed by atoms with Gasteiger partial charge in [-0.25, -0.2) is 0 Å². The highest BCUT2D eigenvalue weighted by molar-refractivity contribution is 4.29. The van der Waals surface area contributed by atoms with E-state index in [1.165, 1.54) is 19.3 Å². The van der Waals surface area contributed by atoms with Crippen molar-refractivity contribution in [1.82, 2.24) is 5.32 Å². The van der Waals surface area contributed by atoms with Gasteiger partial charge >= 0.3 is 0 Å². The lowest BCUT2D eigenvalue weighted by atomic mass is 10.3. The van der Waals surface area contributed by atoms with Crippen molar-refractivity contribution in [3.8, 4) is 0 Å². The fourth-order valence-corrected chi connectivity index (χ4v) is 0.454. The van der Waals surface area contributed by atoms with Gasteiger partial charge < -0.3 is 11.1 Å². The average Bonchev–Trinajstić information content (AvgIpc) is 1.93. The molecule has 0 atom stereocenters. The predicted molar refractivity (Wildman–Crippen MR) is 48.2 cm³/mol. The monoisotopic (exact) mass is 146 g/mol. The van der Waals surface area contributed by atoms with Crippen LogP contribution >= 0.6 is 0 Å². The van der Waals surface area contributed by atoms with Crippen LogP contribution in [0, 0.1) is 0 Å². The van der Waals surface area contributed by atoms with Gasteiger partial charge in [0.15, 0.2) is 0 Å². The SMILES string of the molecule is CCCCN.CCCNC. The fourth-order valence-electron chi connectivity index (χ4n) is 0.454. The Morgan fingerprint density at radius 1 is 1.20 bits per heavy atom. The van der Waals surface area contributed by atoms with E-state index >= 15 is 0 Å². The third kappa shape index (κ3) is 24.7. The number of unbranched alkanes of at least 4 members (excludes halogenated alkanes) is 1. The molecule has 10 heavy (non-hydrogen) atoms. The maximum Gasteiger partial charge on any atom is -0.00546 e. The Balaban J connectivity index is 0. The average molecular weight is 146 g/mol. The van der Waals surface area contributed by atoms with E-state index in [1.807, 2.05) is 7.05 Å². The first-order valence-corrected chi connectivity index (χ1v) is 4.18. The first-order valence-electron chi connectivity index (χ1n) is 4.18. The second-order valence-corrected chi connectivity index (χ2v) is 2.25. The summed E-state index contributed by atoms with van der Waals surface area (Å²) >= 11 is 0. The van der Waals surface area contributed by atoms with Gasteiger partial charge in [-0.05, 0) is 33.0 Å². The molecule has 2 nitrogen and oxygen atoms in total. The van der Waals surface area contributed by atoms with Crippen molar-refractivity contribution >= 4 is 0 Å². The van der Waals surface area contributed by atoms with Crippen LogP contribution in [0.1, 0.15) is 33.1 Å².